The van der Waals surface area contributed by atoms with Crippen molar-refractivity contribution in [3.63, 3.8) is 0 Å². The second kappa shape index (κ2) is 8.49. The molecule has 6 nitrogen and oxygen atoms in total. The van der Waals surface area contributed by atoms with Gasteiger partial charge in [0.2, 0.25) is 0 Å². The molecule has 1 saturated heterocycles. The van der Waals surface area contributed by atoms with Crippen LogP contribution >= 0.6 is 0 Å². The predicted octanol–water partition coefficient (Wildman–Crippen LogP) is 4.46. The fourth-order valence-electron chi connectivity index (χ4n) is 3.82. The Morgan fingerprint density at radius 2 is 1.94 bits per heavy atom. The number of aromatic nitrogens is 1. The van der Waals surface area contributed by atoms with Crippen molar-refractivity contribution < 1.29 is 9.53 Å². The SMILES string of the molecule is CC1CN(C#N)C[C@]1(C)NC(=O)c1ccc(-c2cnccc2Oc2ccccc2)cc1. The van der Waals surface area contributed by atoms with Gasteiger partial charge in [0, 0.05) is 30.1 Å². The molecule has 156 valence electrons. The first-order chi connectivity index (χ1) is 15.0. The third kappa shape index (κ3) is 4.36. The van der Waals surface area contributed by atoms with Crippen LogP contribution in [0, 0.1) is 17.4 Å². The van der Waals surface area contributed by atoms with Gasteiger partial charge in [-0.25, -0.2) is 0 Å². The minimum Gasteiger partial charge on any atom is -0.457 e. The molecule has 2 aromatic carbocycles. The second-order valence-electron chi connectivity index (χ2n) is 8.12. The number of nitrogens with one attached hydrogen (secondary N) is 1. The number of ether oxygens (including phenoxy) is 1. The Bertz CT molecular complexity index is 1110. The maximum absolute atomic E-state index is 12.9. The molecule has 0 radical (unpaired) electrons. The van der Waals surface area contributed by atoms with Gasteiger partial charge in [0.05, 0.1) is 12.1 Å². The van der Waals surface area contributed by atoms with E-state index in [1.54, 1.807) is 29.4 Å². The van der Waals surface area contributed by atoms with E-state index in [9.17, 15) is 4.79 Å². The molecule has 1 aromatic heterocycles. The van der Waals surface area contributed by atoms with Gasteiger partial charge in [-0.1, -0.05) is 37.3 Å². The van der Waals surface area contributed by atoms with Crippen molar-refractivity contribution in [1.29, 1.82) is 5.26 Å². The summed E-state index contributed by atoms with van der Waals surface area (Å²) in [5.74, 6) is 1.48. The number of hydrogen-bond acceptors (Lipinski definition) is 5. The Morgan fingerprint density at radius 1 is 1.19 bits per heavy atom. The molecular weight excluding hydrogens is 388 g/mol. The number of hydrogen-bond donors (Lipinski definition) is 1. The Kier molecular flexibility index (Phi) is 5.59. The van der Waals surface area contributed by atoms with Gasteiger partial charge in [-0.15, -0.1) is 0 Å². The van der Waals surface area contributed by atoms with Gasteiger partial charge in [0.15, 0.2) is 6.19 Å². The van der Waals surface area contributed by atoms with Gasteiger partial charge < -0.3 is 15.0 Å². The Labute approximate surface area is 182 Å². The van der Waals surface area contributed by atoms with Crippen LogP contribution in [0.4, 0.5) is 0 Å². The van der Waals surface area contributed by atoms with Crippen molar-refractivity contribution in [2.24, 2.45) is 5.92 Å². The van der Waals surface area contributed by atoms with Gasteiger partial charge in [-0.05, 0) is 48.7 Å². The molecule has 0 aliphatic carbocycles. The van der Waals surface area contributed by atoms with Crippen LogP contribution in [0.5, 0.6) is 11.5 Å². The predicted molar refractivity (Wildman–Crippen MR) is 118 cm³/mol. The fraction of sp³-hybridized carbons (Fsp3) is 0.240. The zero-order valence-electron chi connectivity index (χ0n) is 17.6. The Hall–Kier alpha value is -3.85. The van der Waals surface area contributed by atoms with Crippen LogP contribution in [0.2, 0.25) is 0 Å². The van der Waals surface area contributed by atoms with Crippen LogP contribution in [0.15, 0.2) is 73.1 Å². The lowest BCUT2D eigenvalue weighted by Gasteiger charge is -2.29. The number of likely N-dealkylation sites (tertiary alicyclic amines) is 1. The molecule has 1 aliphatic rings. The van der Waals surface area contributed by atoms with E-state index in [1.165, 1.54) is 0 Å². The smallest absolute Gasteiger partial charge is 0.251 e. The number of carbonyl (C=O) groups excluding carboxylic acids is 1. The third-order valence-electron chi connectivity index (χ3n) is 5.85. The Morgan fingerprint density at radius 3 is 2.61 bits per heavy atom. The number of amides is 1. The minimum atomic E-state index is -0.439. The van der Waals surface area contributed by atoms with E-state index < -0.39 is 5.54 Å². The molecule has 3 aromatic rings. The zero-order valence-corrected chi connectivity index (χ0v) is 17.6. The van der Waals surface area contributed by atoms with E-state index in [-0.39, 0.29) is 11.8 Å². The van der Waals surface area contributed by atoms with Crippen molar-refractivity contribution >= 4 is 5.91 Å². The number of rotatable bonds is 5. The van der Waals surface area contributed by atoms with Crippen molar-refractivity contribution in [2.75, 3.05) is 13.1 Å². The monoisotopic (exact) mass is 412 g/mol. The van der Waals surface area contributed by atoms with Crippen LogP contribution in [-0.4, -0.2) is 34.4 Å². The van der Waals surface area contributed by atoms with Crippen LogP contribution in [0.1, 0.15) is 24.2 Å². The average Bonchev–Trinajstić information content (AvgIpc) is 3.08. The highest BCUT2D eigenvalue weighted by molar-refractivity contribution is 5.95. The molecule has 0 spiro atoms. The summed E-state index contributed by atoms with van der Waals surface area (Å²) in [7, 11) is 0. The van der Waals surface area contributed by atoms with Crippen LogP contribution in [0.25, 0.3) is 11.1 Å². The lowest BCUT2D eigenvalue weighted by atomic mass is 9.90. The summed E-state index contributed by atoms with van der Waals surface area (Å²) in [4.78, 5) is 18.8. The van der Waals surface area contributed by atoms with Gasteiger partial charge in [0.1, 0.15) is 11.5 Å². The highest BCUT2D eigenvalue weighted by atomic mass is 16.5. The van der Waals surface area contributed by atoms with Gasteiger partial charge in [-0.3, -0.25) is 9.78 Å². The van der Waals surface area contributed by atoms with Crippen LogP contribution in [0.3, 0.4) is 0 Å². The lowest BCUT2D eigenvalue weighted by molar-refractivity contribution is 0.0894. The molecule has 1 amide bonds. The molecule has 6 heteroatoms. The second-order valence-corrected chi connectivity index (χ2v) is 8.12. The van der Waals surface area contributed by atoms with Gasteiger partial charge >= 0.3 is 0 Å². The van der Waals surface area contributed by atoms with E-state index in [4.69, 9.17) is 10.00 Å². The summed E-state index contributed by atoms with van der Waals surface area (Å²) in [6, 6.07) is 18.8. The average molecular weight is 412 g/mol. The van der Waals surface area contributed by atoms with E-state index >= 15 is 0 Å². The maximum atomic E-state index is 12.9. The fourth-order valence-corrected chi connectivity index (χ4v) is 3.82. The number of pyridine rings is 1. The number of nitrogens with zero attached hydrogens (tertiary/aromatic N) is 3. The summed E-state index contributed by atoms with van der Waals surface area (Å²) in [5, 5.41) is 12.3. The molecule has 4 rings (SSSR count). The molecule has 2 heterocycles. The normalized spacial score (nSPS) is 20.2. The molecule has 0 bridgehead atoms. The standard InChI is InChI=1S/C25H24N4O2/c1-18-15-29(17-26)16-25(18,2)28-24(30)20-10-8-19(9-11-20)22-14-27-13-12-23(22)31-21-6-4-3-5-7-21/h3-14,18H,15-16H2,1-2H3,(H,28,30)/t18?,25-/m0/s1. The summed E-state index contributed by atoms with van der Waals surface area (Å²) in [6.07, 6.45) is 5.62. The quantitative estimate of drug-likeness (QED) is 0.626. The van der Waals surface area contributed by atoms with Crippen molar-refractivity contribution in [3.05, 3.63) is 78.6 Å². The molecule has 0 saturated carbocycles. The van der Waals surface area contributed by atoms with Crippen LogP contribution < -0.4 is 10.1 Å². The minimum absolute atomic E-state index is 0.146. The largest absolute Gasteiger partial charge is 0.457 e. The van der Waals surface area contributed by atoms with Gasteiger partial charge in [0.25, 0.3) is 5.91 Å². The van der Waals surface area contributed by atoms with E-state index in [1.807, 2.05) is 55.5 Å². The first kappa shape index (κ1) is 20.4. The van der Waals surface area contributed by atoms with E-state index in [0.29, 0.717) is 24.4 Å². The first-order valence-electron chi connectivity index (χ1n) is 10.2. The highest BCUT2D eigenvalue weighted by Gasteiger charge is 2.41. The first-order valence-corrected chi connectivity index (χ1v) is 10.2. The lowest BCUT2D eigenvalue weighted by Crippen LogP contribution is -2.51. The molecule has 1 N–H and O–H groups in total. The van der Waals surface area contributed by atoms with Crippen molar-refractivity contribution in [3.8, 4) is 28.8 Å². The summed E-state index contributed by atoms with van der Waals surface area (Å²) in [5.41, 5.74) is 1.89. The highest BCUT2D eigenvalue weighted by Crippen LogP contribution is 2.33. The van der Waals surface area contributed by atoms with Crippen molar-refractivity contribution in [2.45, 2.75) is 19.4 Å². The van der Waals surface area contributed by atoms with Gasteiger partial charge in [-0.2, -0.15) is 5.26 Å². The maximum Gasteiger partial charge on any atom is 0.251 e. The molecular formula is C25H24N4O2. The van der Waals surface area contributed by atoms with Crippen LogP contribution in [-0.2, 0) is 0 Å². The Balaban J connectivity index is 1.52. The third-order valence-corrected chi connectivity index (χ3v) is 5.85. The summed E-state index contributed by atoms with van der Waals surface area (Å²) < 4.78 is 6.03. The molecule has 2 atom stereocenters. The molecule has 1 fully saturated rings. The topological polar surface area (TPSA) is 78.3 Å². The zero-order chi connectivity index (χ0) is 21.8. The van der Waals surface area contributed by atoms with E-state index in [2.05, 4.69) is 23.4 Å². The molecule has 1 unspecified atom stereocenters. The van der Waals surface area contributed by atoms with Crippen molar-refractivity contribution in [1.82, 2.24) is 15.2 Å². The summed E-state index contributed by atoms with van der Waals surface area (Å²) >= 11 is 0. The number of para-hydroxylation sites is 1. The molecule has 31 heavy (non-hydrogen) atoms. The number of nitriles is 1. The molecule has 1 aliphatic heterocycles. The number of carbonyl (C=O) groups is 1. The number of benzene rings is 2. The summed E-state index contributed by atoms with van der Waals surface area (Å²) in [6.45, 7) is 5.21. The van der Waals surface area contributed by atoms with E-state index in [0.717, 1.165) is 16.9 Å².